The Morgan fingerprint density at radius 3 is 2.26 bits per heavy atom. The Morgan fingerprint density at radius 2 is 1.84 bits per heavy atom. The second-order valence-electron chi connectivity index (χ2n) is 4.54. The van der Waals surface area contributed by atoms with Gasteiger partial charge in [-0.15, -0.1) is 0 Å². The first-order chi connectivity index (χ1) is 8.73. The average molecular weight is 397 g/mol. The van der Waals surface area contributed by atoms with E-state index in [4.69, 9.17) is 5.11 Å². The smallest absolute Gasteiger partial charge is 0.318 e. The third kappa shape index (κ3) is 4.73. The van der Waals surface area contributed by atoms with Gasteiger partial charge in [0.15, 0.2) is 0 Å². The first-order valence-corrected chi connectivity index (χ1v) is 8.23. The third-order valence-corrected chi connectivity index (χ3v) is 4.88. The molecule has 0 bridgehead atoms. The van der Waals surface area contributed by atoms with Crippen molar-refractivity contribution >= 4 is 38.6 Å². The maximum Gasteiger partial charge on any atom is 0.318 e. The van der Waals surface area contributed by atoms with E-state index in [0.29, 0.717) is 0 Å². The van der Waals surface area contributed by atoms with E-state index < -0.39 is 22.5 Å². The van der Waals surface area contributed by atoms with Gasteiger partial charge in [0.2, 0.25) is 10.0 Å². The van der Waals surface area contributed by atoms with E-state index in [-0.39, 0.29) is 17.4 Å². The lowest BCUT2D eigenvalue weighted by Crippen LogP contribution is -2.38. The maximum absolute atomic E-state index is 12.4. The Bertz CT molecular complexity index is 539. The van der Waals surface area contributed by atoms with E-state index in [1.807, 2.05) is 13.8 Å². The fourth-order valence-corrected chi connectivity index (χ4v) is 3.47. The summed E-state index contributed by atoms with van der Waals surface area (Å²) in [5.74, 6) is -1.10. The van der Waals surface area contributed by atoms with Crippen molar-refractivity contribution in [2.24, 2.45) is 5.92 Å². The van der Waals surface area contributed by atoms with E-state index >= 15 is 0 Å². The summed E-state index contributed by atoms with van der Waals surface area (Å²) < 4.78 is 26.7. The van der Waals surface area contributed by atoms with Gasteiger partial charge < -0.3 is 5.11 Å². The van der Waals surface area contributed by atoms with Crippen molar-refractivity contribution in [3.63, 3.8) is 0 Å². The zero-order chi connectivity index (χ0) is 14.6. The summed E-state index contributed by atoms with van der Waals surface area (Å²) >= 11 is 2.08. The van der Waals surface area contributed by atoms with Gasteiger partial charge in [-0.05, 0) is 52.8 Å². The van der Waals surface area contributed by atoms with Gasteiger partial charge in [0, 0.05) is 10.1 Å². The van der Waals surface area contributed by atoms with Crippen LogP contribution in [0.4, 0.5) is 0 Å². The number of sulfonamides is 1. The van der Waals surface area contributed by atoms with Crippen LogP contribution in [0.1, 0.15) is 13.8 Å². The lowest BCUT2D eigenvalue weighted by Gasteiger charge is -2.22. The van der Waals surface area contributed by atoms with Crippen LogP contribution in [0.2, 0.25) is 0 Å². The molecule has 1 aromatic rings. The molecule has 0 heterocycles. The van der Waals surface area contributed by atoms with Crippen molar-refractivity contribution in [3.05, 3.63) is 27.8 Å². The number of nitrogens with zero attached hydrogens (tertiary/aromatic N) is 1. The molecule has 0 saturated heterocycles. The molecule has 0 fully saturated rings. The first kappa shape index (κ1) is 16.4. The van der Waals surface area contributed by atoms with Crippen molar-refractivity contribution in [2.75, 3.05) is 13.1 Å². The van der Waals surface area contributed by atoms with Gasteiger partial charge in [-0.1, -0.05) is 13.8 Å². The largest absolute Gasteiger partial charge is 0.480 e. The minimum atomic E-state index is -3.76. The van der Waals surface area contributed by atoms with Crippen LogP contribution >= 0.6 is 22.6 Å². The van der Waals surface area contributed by atoms with Crippen LogP contribution in [0, 0.1) is 9.49 Å². The summed E-state index contributed by atoms with van der Waals surface area (Å²) in [5, 5.41) is 8.84. The van der Waals surface area contributed by atoms with Crippen LogP contribution in [0.15, 0.2) is 29.2 Å². The van der Waals surface area contributed by atoms with Gasteiger partial charge in [-0.2, -0.15) is 4.31 Å². The summed E-state index contributed by atoms with van der Waals surface area (Å²) in [5.41, 5.74) is 0. The highest BCUT2D eigenvalue weighted by Crippen LogP contribution is 2.18. The minimum Gasteiger partial charge on any atom is -0.480 e. The van der Waals surface area contributed by atoms with Gasteiger partial charge in [-0.25, -0.2) is 8.42 Å². The third-order valence-electron chi connectivity index (χ3n) is 2.33. The lowest BCUT2D eigenvalue weighted by atomic mass is 10.2. The minimum absolute atomic E-state index is 0.0537. The molecule has 0 amide bonds. The zero-order valence-electron chi connectivity index (χ0n) is 10.7. The van der Waals surface area contributed by atoms with Crippen molar-refractivity contribution < 1.29 is 18.3 Å². The molecule has 0 spiro atoms. The highest BCUT2D eigenvalue weighted by Gasteiger charge is 2.26. The summed E-state index contributed by atoms with van der Waals surface area (Å²) in [6, 6.07) is 6.35. The molecule has 0 unspecified atom stereocenters. The number of benzene rings is 1. The molecule has 1 aromatic carbocycles. The fourth-order valence-electron chi connectivity index (χ4n) is 1.56. The van der Waals surface area contributed by atoms with Crippen molar-refractivity contribution in [1.82, 2.24) is 4.31 Å². The normalized spacial score (nSPS) is 12.1. The summed E-state index contributed by atoms with van der Waals surface area (Å²) in [7, 11) is -3.76. The zero-order valence-corrected chi connectivity index (χ0v) is 13.7. The van der Waals surface area contributed by atoms with Gasteiger partial charge in [-0.3, -0.25) is 4.79 Å². The molecule has 0 aromatic heterocycles. The van der Waals surface area contributed by atoms with E-state index in [9.17, 15) is 13.2 Å². The number of carboxylic acids is 1. The molecule has 106 valence electrons. The molecular formula is C12H16INO4S. The maximum atomic E-state index is 12.4. The van der Waals surface area contributed by atoms with Crippen molar-refractivity contribution in [3.8, 4) is 0 Å². The monoisotopic (exact) mass is 397 g/mol. The Balaban J connectivity index is 3.11. The molecule has 5 nitrogen and oxygen atoms in total. The Hall–Kier alpha value is -0.670. The molecule has 0 aliphatic carbocycles. The van der Waals surface area contributed by atoms with Crippen LogP contribution in [-0.4, -0.2) is 36.9 Å². The average Bonchev–Trinajstić information content (AvgIpc) is 2.27. The molecule has 0 aliphatic rings. The summed E-state index contributed by atoms with van der Waals surface area (Å²) in [4.78, 5) is 10.9. The Labute approximate surface area is 126 Å². The second-order valence-corrected chi connectivity index (χ2v) is 7.72. The predicted octanol–water partition coefficient (Wildman–Crippen LogP) is 2.02. The van der Waals surface area contributed by atoms with E-state index in [1.54, 1.807) is 12.1 Å². The number of carbonyl (C=O) groups is 1. The van der Waals surface area contributed by atoms with Gasteiger partial charge >= 0.3 is 5.97 Å². The molecule has 1 rings (SSSR count). The molecule has 7 heteroatoms. The van der Waals surface area contributed by atoms with E-state index in [2.05, 4.69) is 22.6 Å². The number of halogens is 1. The summed E-state index contributed by atoms with van der Waals surface area (Å²) in [6.07, 6.45) is 0. The van der Waals surface area contributed by atoms with Crippen molar-refractivity contribution in [1.29, 1.82) is 0 Å². The highest BCUT2D eigenvalue weighted by atomic mass is 127. The van der Waals surface area contributed by atoms with Gasteiger partial charge in [0.05, 0.1) is 4.90 Å². The van der Waals surface area contributed by atoms with Crippen LogP contribution in [0.5, 0.6) is 0 Å². The number of rotatable bonds is 6. The van der Waals surface area contributed by atoms with E-state index in [0.717, 1.165) is 7.88 Å². The fraction of sp³-hybridized carbons (Fsp3) is 0.417. The molecular weight excluding hydrogens is 381 g/mol. The van der Waals surface area contributed by atoms with Crippen LogP contribution in [0.25, 0.3) is 0 Å². The standard InChI is InChI=1S/C12H16INO4S/c1-9(2)7-14(8-12(15)16)19(17,18)11-5-3-10(13)4-6-11/h3-6,9H,7-8H2,1-2H3,(H,15,16). The molecule has 0 saturated carbocycles. The SMILES string of the molecule is CC(C)CN(CC(=O)O)S(=O)(=O)c1ccc(I)cc1. The molecule has 1 N–H and O–H groups in total. The van der Waals surface area contributed by atoms with E-state index in [1.165, 1.54) is 12.1 Å². The lowest BCUT2D eigenvalue weighted by molar-refractivity contribution is -0.137. The number of hydrogen-bond donors (Lipinski definition) is 1. The van der Waals surface area contributed by atoms with Crippen LogP contribution in [0.3, 0.4) is 0 Å². The molecule has 19 heavy (non-hydrogen) atoms. The number of aliphatic carboxylic acids is 1. The second kappa shape index (κ2) is 6.67. The highest BCUT2D eigenvalue weighted by molar-refractivity contribution is 14.1. The molecule has 0 aliphatic heterocycles. The predicted molar refractivity (Wildman–Crippen MR) is 80.4 cm³/mol. The van der Waals surface area contributed by atoms with Gasteiger partial charge in [0.25, 0.3) is 0 Å². The van der Waals surface area contributed by atoms with Gasteiger partial charge in [0.1, 0.15) is 6.54 Å². The van der Waals surface area contributed by atoms with Crippen molar-refractivity contribution in [2.45, 2.75) is 18.7 Å². The topological polar surface area (TPSA) is 74.7 Å². The molecule has 0 radical (unpaired) electrons. The summed E-state index contributed by atoms with van der Waals surface area (Å²) in [6.45, 7) is 3.35. The first-order valence-electron chi connectivity index (χ1n) is 5.71. The Morgan fingerprint density at radius 1 is 1.32 bits per heavy atom. The van der Waals surface area contributed by atoms with Crippen LogP contribution < -0.4 is 0 Å². The quantitative estimate of drug-likeness (QED) is 0.746. The number of carboxylic acid groups (broad SMARTS) is 1. The molecule has 0 atom stereocenters. The van der Waals surface area contributed by atoms with Crippen LogP contribution in [-0.2, 0) is 14.8 Å². The Kier molecular flexibility index (Phi) is 5.75. The number of hydrogen-bond acceptors (Lipinski definition) is 3.